The summed E-state index contributed by atoms with van der Waals surface area (Å²) in [4.78, 5) is 11.2. The molecule has 1 atom stereocenters. The van der Waals surface area contributed by atoms with Crippen LogP contribution in [0.4, 0.5) is 0 Å². The van der Waals surface area contributed by atoms with Crippen LogP contribution in [-0.2, 0) is 11.2 Å². The van der Waals surface area contributed by atoms with Crippen LogP contribution in [0.25, 0.3) is 0 Å². The fraction of sp³-hybridized carbons (Fsp3) is 0.133. The van der Waals surface area contributed by atoms with E-state index in [9.17, 15) is 9.90 Å². The van der Waals surface area contributed by atoms with Gasteiger partial charge in [0, 0.05) is 16.5 Å². The lowest BCUT2D eigenvalue weighted by atomic mass is 10.1. The average molecular weight is 310 g/mol. The summed E-state index contributed by atoms with van der Waals surface area (Å²) in [7, 11) is 0. The van der Waals surface area contributed by atoms with Gasteiger partial charge in [-0.2, -0.15) is 0 Å². The van der Waals surface area contributed by atoms with Gasteiger partial charge in [0.15, 0.2) is 0 Å². The van der Waals surface area contributed by atoms with Gasteiger partial charge in [-0.15, -0.1) is 0 Å². The topological polar surface area (TPSA) is 49.4 Å². The number of hydrogen-bond acceptors (Lipinski definition) is 3. The van der Waals surface area contributed by atoms with Crippen molar-refractivity contribution >= 4 is 29.2 Å². The summed E-state index contributed by atoms with van der Waals surface area (Å²) in [5, 5.41) is 12.3. The van der Waals surface area contributed by atoms with Gasteiger partial charge in [-0.25, -0.2) is 0 Å². The predicted octanol–water partition coefficient (Wildman–Crippen LogP) is 2.73. The van der Waals surface area contributed by atoms with Gasteiger partial charge in [0.05, 0.1) is 5.97 Å². The van der Waals surface area contributed by atoms with Crippen molar-refractivity contribution in [3.8, 4) is 5.75 Å². The van der Waals surface area contributed by atoms with E-state index in [2.05, 4.69) is 0 Å². The molecule has 0 saturated heterocycles. The Kier molecular flexibility index (Phi) is 4.88. The monoisotopic (exact) mass is 309 g/mol. The molecule has 0 aromatic heterocycles. The minimum Gasteiger partial charge on any atom is -0.546 e. The molecule has 104 valence electrons. The third-order valence-corrected chi connectivity index (χ3v) is 3.19. The van der Waals surface area contributed by atoms with Crippen LogP contribution >= 0.6 is 23.2 Å². The van der Waals surface area contributed by atoms with Crippen LogP contribution in [0.15, 0.2) is 48.5 Å². The molecule has 5 heteroatoms. The number of carboxylic acid groups (broad SMARTS) is 1. The number of rotatable bonds is 5. The molecule has 0 N–H and O–H groups in total. The Morgan fingerprint density at radius 3 is 2.00 bits per heavy atom. The van der Waals surface area contributed by atoms with Crippen LogP contribution in [0, 0.1) is 0 Å². The quantitative estimate of drug-likeness (QED) is 0.853. The van der Waals surface area contributed by atoms with E-state index >= 15 is 0 Å². The normalized spacial score (nSPS) is 11.9. The molecule has 0 saturated carbocycles. The van der Waals surface area contributed by atoms with Gasteiger partial charge in [0.1, 0.15) is 11.9 Å². The number of ether oxygens (including phenoxy) is 1. The summed E-state index contributed by atoms with van der Waals surface area (Å²) in [6, 6.07) is 13.4. The Labute approximate surface area is 126 Å². The predicted molar refractivity (Wildman–Crippen MR) is 76.0 cm³/mol. The summed E-state index contributed by atoms with van der Waals surface area (Å²) >= 11 is 11.5. The van der Waals surface area contributed by atoms with Gasteiger partial charge in [-0.3, -0.25) is 0 Å². The van der Waals surface area contributed by atoms with E-state index in [0.29, 0.717) is 15.8 Å². The molecule has 2 aromatic carbocycles. The SMILES string of the molecule is O=C([O-])C(Cc1ccc(Cl)cc1)Oc1ccc(Cl)cc1. The highest BCUT2D eigenvalue weighted by Gasteiger charge is 2.13. The minimum atomic E-state index is -1.27. The van der Waals surface area contributed by atoms with Crippen LogP contribution in [0.3, 0.4) is 0 Å². The number of carbonyl (C=O) groups is 1. The summed E-state index contributed by atoms with van der Waals surface area (Å²) in [6.45, 7) is 0. The van der Waals surface area contributed by atoms with E-state index in [1.165, 1.54) is 0 Å². The van der Waals surface area contributed by atoms with E-state index in [4.69, 9.17) is 27.9 Å². The molecule has 1 unspecified atom stereocenters. The van der Waals surface area contributed by atoms with Gasteiger partial charge < -0.3 is 14.6 Å². The molecule has 0 radical (unpaired) electrons. The van der Waals surface area contributed by atoms with E-state index in [0.717, 1.165) is 5.56 Å². The van der Waals surface area contributed by atoms with E-state index in [1.54, 1.807) is 48.5 Å². The van der Waals surface area contributed by atoms with Crippen molar-refractivity contribution in [1.82, 2.24) is 0 Å². The molecule has 0 bridgehead atoms. The summed E-state index contributed by atoms with van der Waals surface area (Å²) in [5.74, 6) is -0.840. The van der Waals surface area contributed by atoms with Crippen LogP contribution in [0.2, 0.25) is 10.0 Å². The average Bonchev–Trinajstić information content (AvgIpc) is 2.42. The second-order valence-corrected chi connectivity index (χ2v) is 5.08. The maximum absolute atomic E-state index is 11.2. The molecule has 0 spiro atoms. The van der Waals surface area contributed by atoms with Crippen LogP contribution in [0.5, 0.6) is 5.75 Å². The number of hydrogen-bond donors (Lipinski definition) is 0. The second-order valence-electron chi connectivity index (χ2n) is 4.21. The molecule has 2 aromatic rings. The first-order valence-electron chi connectivity index (χ1n) is 5.92. The Morgan fingerprint density at radius 2 is 1.50 bits per heavy atom. The summed E-state index contributed by atoms with van der Waals surface area (Å²) < 4.78 is 5.41. The Morgan fingerprint density at radius 1 is 1.00 bits per heavy atom. The second kappa shape index (κ2) is 6.64. The highest BCUT2D eigenvalue weighted by Crippen LogP contribution is 2.18. The first-order valence-corrected chi connectivity index (χ1v) is 6.68. The van der Waals surface area contributed by atoms with Crippen molar-refractivity contribution < 1.29 is 14.6 Å². The minimum absolute atomic E-state index is 0.197. The van der Waals surface area contributed by atoms with Gasteiger partial charge in [-0.1, -0.05) is 35.3 Å². The molecular formula is C15H11Cl2O3-. The van der Waals surface area contributed by atoms with Crippen LogP contribution in [-0.4, -0.2) is 12.1 Å². The standard InChI is InChI=1S/C15H12Cl2O3/c16-11-3-1-10(2-4-11)9-14(15(18)19)20-13-7-5-12(17)6-8-13/h1-8,14H,9H2,(H,18,19)/p-1. The molecule has 0 amide bonds. The number of carboxylic acids is 1. The van der Waals surface area contributed by atoms with E-state index in [-0.39, 0.29) is 6.42 Å². The highest BCUT2D eigenvalue weighted by atomic mass is 35.5. The molecule has 3 nitrogen and oxygen atoms in total. The molecular weight excluding hydrogens is 299 g/mol. The number of aliphatic carboxylic acids is 1. The summed E-state index contributed by atoms with van der Waals surface area (Å²) in [5.41, 5.74) is 0.803. The van der Waals surface area contributed by atoms with E-state index < -0.39 is 12.1 Å². The lowest BCUT2D eigenvalue weighted by Gasteiger charge is -2.20. The Balaban J connectivity index is 2.09. The van der Waals surface area contributed by atoms with Crippen molar-refractivity contribution in [1.29, 1.82) is 0 Å². The molecule has 20 heavy (non-hydrogen) atoms. The molecule has 0 aliphatic heterocycles. The van der Waals surface area contributed by atoms with Gasteiger partial charge in [-0.05, 0) is 42.0 Å². The highest BCUT2D eigenvalue weighted by molar-refractivity contribution is 6.30. The first kappa shape index (κ1) is 14.7. The van der Waals surface area contributed by atoms with Gasteiger partial charge in [0.25, 0.3) is 0 Å². The molecule has 0 aliphatic carbocycles. The Hall–Kier alpha value is -1.71. The zero-order valence-corrected chi connectivity index (χ0v) is 11.9. The zero-order valence-electron chi connectivity index (χ0n) is 10.4. The van der Waals surface area contributed by atoms with Crippen molar-refractivity contribution in [2.75, 3.05) is 0 Å². The lowest BCUT2D eigenvalue weighted by Crippen LogP contribution is -2.41. The Bertz CT molecular complexity index is 532. The molecule has 0 aliphatic rings. The smallest absolute Gasteiger partial charge is 0.142 e. The largest absolute Gasteiger partial charge is 0.546 e. The molecule has 0 fully saturated rings. The van der Waals surface area contributed by atoms with Crippen LogP contribution < -0.4 is 9.84 Å². The molecule has 0 heterocycles. The third kappa shape index (κ3) is 4.15. The van der Waals surface area contributed by atoms with Crippen molar-refractivity contribution in [2.45, 2.75) is 12.5 Å². The fourth-order valence-electron chi connectivity index (χ4n) is 1.69. The third-order valence-electron chi connectivity index (χ3n) is 2.69. The number of halogens is 2. The van der Waals surface area contributed by atoms with Gasteiger partial charge >= 0.3 is 0 Å². The maximum Gasteiger partial charge on any atom is 0.142 e. The van der Waals surface area contributed by atoms with E-state index in [1.807, 2.05) is 0 Å². The lowest BCUT2D eigenvalue weighted by molar-refractivity contribution is -0.313. The molecule has 2 rings (SSSR count). The first-order chi connectivity index (χ1) is 9.54. The van der Waals surface area contributed by atoms with Gasteiger partial charge in [0.2, 0.25) is 0 Å². The number of carbonyl (C=O) groups excluding carboxylic acids is 1. The van der Waals surface area contributed by atoms with Crippen LogP contribution in [0.1, 0.15) is 5.56 Å². The maximum atomic E-state index is 11.2. The fourth-order valence-corrected chi connectivity index (χ4v) is 1.94. The van der Waals surface area contributed by atoms with Crippen molar-refractivity contribution in [2.24, 2.45) is 0 Å². The van der Waals surface area contributed by atoms with Crippen molar-refractivity contribution in [3.05, 3.63) is 64.1 Å². The van der Waals surface area contributed by atoms with Crippen molar-refractivity contribution in [3.63, 3.8) is 0 Å². The number of benzene rings is 2. The zero-order chi connectivity index (χ0) is 14.5. The summed E-state index contributed by atoms with van der Waals surface area (Å²) in [6.07, 6.45) is -0.875.